The Bertz CT molecular complexity index is 537. The van der Waals surface area contributed by atoms with Crippen molar-refractivity contribution in [1.29, 1.82) is 0 Å². The van der Waals surface area contributed by atoms with Crippen LogP contribution in [0.25, 0.3) is 0 Å². The molecule has 1 amide bonds. The molecule has 1 atom stereocenters. The van der Waals surface area contributed by atoms with Crippen LogP contribution in [0.5, 0.6) is 0 Å². The maximum atomic E-state index is 12.2. The number of carbonyl (C=O) groups is 1. The van der Waals surface area contributed by atoms with Gasteiger partial charge in [0, 0.05) is 29.4 Å². The lowest BCUT2D eigenvalue weighted by atomic mass is 10.1. The van der Waals surface area contributed by atoms with Crippen LogP contribution >= 0.6 is 11.3 Å². The predicted molar refractivity (Wildman–Crippen MR) is 83.2 cm³/mol. The van der Waals surface area contributed by atoms with Gasteiger partial charge in [0.25, 0.3) is 5.91 Å². The second-order valence-electron chi connectivity index (χ2n) is 4.41. The van der Waals surface area contributed by atoms with Crippen molar-refractivity contribution < 1.29 is 4.79 Å². The number of benzene rings is 1. The Balaban J connectivity index is 2.03. The van der Waals surface area contributed by atoms with Crippen LogP contribution in [0.2, 0.25) is 0 Å². The number of rotatable bonds is 6. The van der Waals surface area contributed by atoms with Crippen LogP contribution in [0, 0.1) is 0 Å². The van der Waals surface area contributed by atoms with Crippen molar-refractivity contribution in [3.05, 3.63) is 46.4 Å². The van der Waals surface area contributed by atoms with E-state index < -0.39 is 0 Å². The van der Waals surface area contributed by atoms with Gasteiger partial charge in [-0.25, -0.2) is 4.98 Å². The molecule has 20 heavy (non-hydrogen) atoms. The van der Waals surface area contributed by atoms with Gasteiger partial charge in [-0.15, -0.1) is 11.3 Å². The molecule has 4 nitrogen and oxygen atoms in total. The zero-order valence-corrected chi connectivity index (χ0v) is 12.5. The first-order valence-corrected chi connectivity index (χ1v) is 7.66. The van der Waals surface area contributed by atoms with Crippen molar-refractivity contribution in [3.63, 3.8) is 0 Å². The number of thiazole rings is 1. The van der Waals surface area contributed by atoms with E-state index in [1.165, 1.54) is 0 Å². The fourth-order valence-electron chi connectivity index (χ4n) is 1.93. The van der Waals surface area contributed by atoms with E-state index in [1.54, 1.807) is 17.5 Å². The van der Waals surface area contributed by atoms with Gasteiger partial charge in [-0.1, -0.05) is 6.92 Å². The maximum absolute atomic E-state index is 12.2. The Labute approximate surface area is 123 Å². The lowest BCUT2D eigenvalue weighted by Crippen LogP contribution is -2.28. The number of amides is 1. The molecule has 1 heterocycles. The summed E-state index contributed by atoms with van der Waals surface area (Å²) in [5.41, 5.74) is 1.69. The summed E-state index contributed by atoms with van der Waals surface area (Å²) in [5.74, 6) is -0.0601. The Hall–Kier alpha value is -1.88. The Morgan fingerprint density at radius 3 is 2.60 bits per heavy atom. The third-order valence-electron chi connectivity index (χ3n) is 2.99. The number of hydrogen-bond donors (Lipinski definition) is 2. The van der Waals surface area contributed by atoms with Crippen LogP contribution in [0.1, 0.15) is 41.7 Å². The highest BCUT2D eigenvalue weighted by molar-refractivity contribution is 7.09. The number of hydrogen-bond acceptors (Lipinski definition) is 4. The summed E-state index contributed by atoms with van der Waals surface area (Å²) in [6.07, 6.45) is 2.59. The number of nitrogens with one attached hydrogen (secondary N) is 2. The van der Waals surface area contributed by atoms with E-state index in [4.69, 9.17) is 0 Å². The van der Waals surface area contributed by atoms with E-state index >= 15 is 0 Å². The number of aromatic nitrogens is 1. The van der Waals surface area contributed by atoms with Gasteiger partial charge < -0.3 is 10.6 Å². The zero-order chi connectivity index (χ0) is 14.4. The van der Waals surface area contributed by atoms with Crippen molar-refractivity contribution in [2.45, 2.75) is 26.3 Å². The van der Waals surface area contributed by atoms with Crippen molar-refractivity contribution in [3.8, 4) is 0 Å². The third kappa shape index (κ3) is 3.57. The van der Waals surface area contributed by atoms with Crippen molar-refractivity contribution in [2.24, 2.45) is 0 Å². The molecule has 2 rings (SSSR count). The van der Waals surface area contributed by atoms with Gasteiger partial charge in [0.2, 0.25) is 0 Å². The average Bonchev–Trinajstić information content (AvgIpc) is 2.99. The topological polar surface area (TPSA) is 54.0 Å². The second kappa shape index (κ2) is 7.05. The van der Waals surface area contributed by atoms with Gasteiger partial charge in [0.1, 0.15) is 5.01 Å². The summed E-state index contributed by atoms with van der Waals surface area (Å²) in [7, 11) is 0. The van der Waals surface area contributed by atoms with Crippen LogP contribution in [-0.2, 0) is 0 Å². The summed E-state index contributed by atoms with van der Waals surface area (Å²) in [5, 5.41) is 9.11. The van der Waals surface area contributed by atoms with Crippen molar-refractivity contribution >= 4 is 22.9 Å². The largest absolute Gasteiger partial charge is 0.385 e. The molecule has 0 radical (unpaired) electrons. The van der Waals surface area contributed by atoms with E-state index in [-0.39, 0.29) is 11.9 Å². The Morgan fingerprint density at radius 2 is 2.05 bits per heavy atom. The molecule has 2 aromatic rings. The van der Waals surface area contributed by atoms with Crippen LogP contribution in [-0.4, -0.2) is 17.4 Å². The van der Waals surface area contributed by atoms with Crippen LogP contribution in [0.3, 0.4) is 0 Å². The third-order valence-corrected chi connectivity index (χ3v) is 3.88. The molecule has 0 fully saturated rings. The van der Waals surface area contributed by atoms with E-state index in [0.29, 0.717) is 5.56 Å². The highest BCUT2D eigenvalue weighted by atomic mass is 32.1. The summed E-state index contributed by atoms with van der Waals surface area (Å²) in [4.78, 5) is 16.5. The molecule has 5 heteroatoms. The fraction of sp³-hybridized carbons (Fsp3) is 0.333. The van der Waals surface area contributed by atoms with E-state index in [2.05, 4.69) is 15.6 Å². The summed E-state index contributed by atoms with van der Waals surface area (Å²) in [6, 6.07) is 7.49. The van der Waals surface area contributed by atoms with Gasteiger partial charge in [0.05, 0.1) is 6.04 Å². The lowest BCUT2D eigenvalue weighted by molar-refractivity contribution is 0.0935. The first-order valence-electron chi connectivity index (χ1n) is 6.78. The first-order chi connectivity index (χ1) is 9.74. The molecule has 0 aliphatic heterocycles. The fourth-order valence-corrected chi connectivity index (χ4v) is 2.70. The smallest absolute Gasteiger partial charge is 0.251 e. The monoisotopic (exact) mass is 289 g/mol. The molecule has 1 aromatic heterocycles. The zero-order valence-electron chi connectivity index (χ0n) is 11.7. The van der Waals surface area contributed by atoms with Gasteiger partial charge in [-0.05, 0) is 37.6 Å². The minimum absolute atomic E-state index is 0.0176. The van der Waals surface area contributed by atoms with Crippen LogP contribution < -0.4 is 10.6 Å². The molecule has 0 aliphatic rings. The molecule has 0 spiro atoms. The first kappa shape index (κ1) is 14.5. The molecule has 0 saturated carbocycles. The minimum atomic E-state index is -0.0601. The van der Waals surface area contributed by atoms with E-state index in [0.717, 1.165) is 23.7 Å². The SMILES string of the molecule is CCNc1ccc(C(=O)NC(CC)c2nccs2)cc1. The maximum Gasteiger partial charge on any atom is 0.251 e. The molecule has 0 saturated heterocycles. The Kier molecular flexibility index (Phi) is 5.12. The molecular weight excluding hydrogens is 270 g/mol. The van der Waals surface area contributed by atoms with Gasteiger partial charge in [0.15, 0.2) is 0 Å². The van der Waals surface area contributed by atoms with Crippen LogP contribution in [0.15, 0.2) is 35.8 Å². The molecule has 106 valence electrons. The Morgan fingerprint density at radius 1 is 1.30 bits per heavy atom. The number of carbonyl (C=O) groups excluding carboxylic acids is 1. The molecule has 0 aliphatic carbocycles. The van der Waals surface area contributed by atoms with Crippen molar-refractivity contribution in [2.75, 3.05) is 11.9 Å². The summed E-state index contributed by atoms with van der Waals surface area (Å²) < 4.78 is 0. The van der Waals surface area contributed by atoms with Crippen LogP contribution in [0.4, 0.5) is 5.69 Å². The average molecular weight is 289 g/mol. The lowest BCUT2D eigenvalue weighted by Gasteiger charge is -2.14. The van der Waals surface area contributed by atoms with Crippen molar-refractivity contribution in [1.82, 2.24) is 10.3 Å². The summed E-state index contributed by atoms with van der Waals surface area (Å²) >= 11 is 1.57. The highest BCUT2D eigenvalue weighted by Crippen LogP contribution is 2.19. The molecular formula is C15H19N3OS. The van der Waals surface area contributed by atoms with E-state index in [9.17, 15) is 4.79 Å². The quantitative estimate of drug-likeness (QED) is 0.856. The standard InChI is InChI=1S/C15H19N3OS/c1-3-13(15-17-9-10-20-15)18-14(19)11-5-7-12(8-6-11)16-4-2/h5-10,13,16H,3-4H2,1-2H3,(H,18,19). The molecule has 1 aromatic carbocycles. The number of nitrogens with zero attached hydrogens (tertiary/aromatic N) is 1. The predicted octanol–water partition coefficient (Wildman–Crippen LogP) is 3.46. The normalized spacial score (nSPS) is 11.9. The second-order valence-corrected chi connectivity index (χ2v) is 5.34. The number of anilines is 1. The van der Waals surface area contributed by atoms with Gasteiger partial charge >= 0.3 is 0 Å². The minimum Gasteiger partial charge on any atom is -0.385 e. The molecule has 2 N–H and O–H groups in total. The van der Waals surface area contributed by atoms with Gasteiger partial charge in [-0.2, -0.15) is 0 Å². The highest BCUT2D eigenvalue weighted by Gasteiger charge is 2.15. The molecule has 0 bridgehead atoms. The summed E-state index contributed by atoms with van der Waals surface area (Å²) in [6.45, 7) is 4.95. The van der Waals surface area contributed by atoms with Gasteiger partial charge in [-0.3, -0.25) is 4.79 Å². The molecule has 1 unspecified atom stereocenters. The van der Waals surface area contributed by atoms with E-state index in [1.807, 2.05) is 43.5 Å².